The summed E-state index contributed by atoms with van der Waals surface area (Å²) in [6.07, 6.45) is 1.79. The number of rotatable bonds is 6. The van der Waals surface area contributed by atoms with Crippen molar-refractivity contribution in [2.45, 2.75) is 39.7 Å². The zero-order valence-electron chi connectivity index (χ0n) is 12.1. The van der Waals surface area contributed by atoms with Crippen LogP contribution in [0.3, 0.4) is 0 Å². The number of imidazole rings is 1. The molecule has 1 heterocycles. The highest BCUT2D eigenvalue weighted by atomic mass is 16.6. The molecule has 20 heavy (non-hydrogen) atoms. The number of hydrogen-bond acceptors (Lipinski definition) is 5. The third-order valence-corrected chi connectivity index (χ3v) is 2.71. The Hall–Kier alpha value is -2.12. The fourth-order valence-corrected chi connectivity index (χ4v) is 2.04. The van der Waals surface area contributed by atoms with Crippen LogP contribution in [0.25, 0.3) is 0 Å². The molecule has 0 aliphatic heterocycles. The van der Waals surface area contributed by atoms with E-state index < -0.39 is 16.9 Å². The first-order chi connectivity index (χ1) is 9.10. The maximum absolute atomic E-state index is 10.9. The van der Waals surface area contributed by atoms with Crippen molar-refractivity contribution in [3.05, 3.63) is 16.4 Å². The number of nitrogens with one attached hydrogen (secondary N) is 1. The molecule has 0 saturated heterocycles. The summed E-state index contributed by atoms with van der Waals surface area (Å²) in [6, 6.07) is -0.401. The van der Waals surface area contributed by atoms with Gasteiger partial charge in [0.25, 0.3) is 0 Å². The number of anilines is 1. The van der Waals surface area contributed by atoms with Gasteiger partial charge in [0.2, 0.25) is 12.1 Å². The van der Waals surface area contributed by atoms with E-state index >= 15 is 0 Å². The number of aryl methyl sites for hydroxylation is 1. The smallest absolute Gasteiger partial charge is 0.406 e. The molecule has 0 saturated carbocycles. The first-order valence-electron chi connectivity index (χ1n) is 6.24. The number of hydrogen-bond donors (Lipinski definition) is 2. The Bertz CT molecular complexity index is 504. The van der Waals surface area contributed by atoms with Gasteiger partial charge >= 0.3 is 11.8 Å². The molecule has 0 aliphatic rings. The van der Waals surface area contributed by atoms with E-state index in [1.54, 1.807) is 7.05 Å². The zero-order valence-corrected chi connectivity index (χ0v) is 12.1. The van der Waals surface area contributed by atoms with E-state index in [1.807, 2.05) is 20.8 Å². The number of nitro groups is 1. The third-order valence-electron chi connectivity index (χ3n) is 2.71. The molecule has 112 valence electrons. The quantitative estimate of drug-likeness (QED) is 0.610. The Balaban J connectivity index is 2.97. The third kappa shape index (κ3) is 4.52. The largest absolute Gasteiger partial charge is 0.481 e. The molecule has 0 aliphatic carbocycles. The summed E-state index contributed by atoms with van der Waals surface area (Å²) < 4.78 is 1.48. The lowest BCUT2D eigenvalue weighted by atomic mass is 9.87. The van der Waals surface area contributed by atoms with Gasteiger partial charge in [-0.1, -0.05) is 20.8 Å². The van der Waals surface area contributed by atoms with E-state index in [9.17, 15) is 14.9 Å². The maximum Gasteiger partial charge on any atom is 0.406 e. The number of carbonyl (C=O) groups is 1. The molecule has 0 aromatic carbocycles. The topological polar surface area (TPSA) is 110 Å². The van der Waals surface area contributed by atoms with Gasteiger partial charge in [0, 0.05) is 13.1 Å². The Morgan fingerprint density at radius 2 is 2.20 bits per heavy atom. The standard InChI is InChI=1S/C12H20N4O4/c1-12(2,3)6-8(5-9(17)18)14-11-10(16(19)20)13-7-15(11)4/h7-8,14H,5-6H2,1-4H3,(H,17,18). The van der Waals surface area contributed by atoms with Crippen LogP contribution in [-0.2, 0) is 11.8 Å². The van der Waals surface area contributed by atoms with E-state index in [-0.39, 0.29) is 23.5 Å². The van der Waals surface area contributed by atoms with Gasteiger partial charge < -0.3 is 20.5 Å². The SMILES string of the molecule is Cn1cnc([N+](=O)[O-])c1NC(CC(=O)O)CC(C)(C)C. The molecular formula is C12H20N4O4. The minimum Gasteiger partial charge on any atom is -0.481 e. The molecule has 2 N–H and O–H groups in total. The van der Waals surface area contributed by atoms with Gasteiger partial charge in [-0.05, 0) is 21.7 Å². The van der Waals surface area contributed by atoms with Crippen LogP contribution in [0.1, 0.15) is 33.6 Å². The van der Waals surface area contributed by atoms with E-state index in [4.69, 9.17) is 5.11 Å². The highest BCUT2D eigenvalue weighted by molar-refractivity contribution is 5.68. The minimum atomic E-state index is -0.948. The van der Waals surface area contributed by atoms with Crippen molar-refractivity contribution in [1.82, 2.24) is 9.55 Å². The van der Waals surface area contributed by atoms with Crippen LogP contribution in [0.5, 0.6) is 0 Å². The molecule has 8 heteroatoms. The average molecular weight is 284 g/mol. The van der Waals surface area contributed by atoms with Gasteiger partial charge in [0.05, 0.1) is 6.42 Å². The molecule has 1 atom stereocenters. The average Bonchev–Trinajstić information content (AvgIpc) is 2.57. The predicted molar refractivity (Wildman–Crippen MR) is 73.6 cm³/mol. The molecule has 0 amide bonds. The molecule has 0 radical (unpaired) electrons. The molecule has 1 aromatic heterocycles. The Morgan fingerprint density at radius 1 is 1.60 bits per heavy atom. The summed E-state index contributed by atoms with van der Waals surface area (Å²) >= 11 is 0. The summed E-state index contributed by atoms with van der Waals surface area (Å²) in [5.74, 6) is -1.01. The summed E-state index contributed by atoms with van der Waals surface area (Å²) in [6.45, 7) is 5.96. The van der Waals surface area contributed by atoms with Crippen LogP contribution in [0, 0.1) is 15.5 Å². The van der Waals surface area contributed by atoms with Crippen molar-refractivity contribution in [3.8, 4) is 0 Å². The van der Waals surface area contributed by atoms with Crippen LogP contribution in [0.2, 0.25) is 0 Å². The second-order valence-electron chi connectivity index (χ2n) is 5.99. The molecule has 1 unspecified atom stereocenters. The summed E-state index contributed by atoms with van der Waals surface area (Å²) in [4.78, 5) is 24.9. The summed E-state index contributed by atoms with van der Waals surface area (Å²) in [5, 5.41) is 22.8. The normalized spacial score (nSPS) is 13.0. The second-order valence-corrected chi connectivity index (χ2v) is 5.99. The van der Waals surface area contributed by atoms with Crippen LogP contribution in [0.4, 0.5) is 11.6 Å². The first-order valence-corrected chi connectivity index (χ1v) is 6.24. The second kappa shape index (κ2) is 5.89. The van der Waals surface area contributed by atoms with Crippen molar-refractivity contribution < 1.29 is 14.8 Å². The van der Waals surface area contributed by atoms with Gasteiger partial charge in [0.15, 0.2) is 0 Å². The van der Waals surface area contributed by atoms with E-state index in [0.717, 1.165) is 0 Å². The van der Waals surface area contributed by atoms with Gasteiger partial charge in [0.1, 0.15) is 0 Å². The lowest BCUT2D eigenvalue weighted by Crippen LogP contribution is -2.29. The van der Waals surface area contributed by atoms with E-state index in [2.05, 4.69) is 10.3 Å². The summed E-state index contributed by atoms with van der Waals surface area (Å²) in [5.41, 5.74) is -0.0967. The van der Waals surface area contributed by atoms with Crippen molar-refractivity contribution in [2.24, 2.45) is 12.5 Å². The zero-order chi connectivity index (χ0) is 15.5. The fraction of sp³-hybridized carbons (Fsp3) is 0.667. The highest BCUT2D eigenvalue weighted by Crippen LogP contribution is 2.27. The van der Waals surface area contributed by atoms with Crippen molar-refractivity contribution in [1.29, 1.82) is 0 Å². The molecule has 8 nitrogen and oxygen atoms in total. The molecule has 0 spiro atoms. The van der Waals surface area contributed by atoms with Crippen molar-refractivity contribution >= 4 is 17.6 Å². The molecule has 1 aromatic rings. The predicted octanol–water partition coefficient (Wildman–Crippen LogP) is 2.02. The maximum atomic E-state index is 10.9. The van der Waals surface area contributed by atoms with E-state index in [0.29, 0.717) is 6.42 Å². The molecule has 0 bridgehead atoms. The number of carboxylic acid groups (broad SMARTS) is 1. The summed E-state index contributed by atoms with van der Waals surface area (Å²) in [7, 11) is 1.62. The Morgan fingerprint density at radius 3 is 2.65 bits per heavy atom. The Kier molecular flexibility index (Phi) is 4.69. The highest BCUT2D eigenvalue weighted by Gasteiger charge is 2.26. The van der Waals surface area contributed by atoms with Crippen LogP contribution < -0.4 is 5.32 Å². The first kappa shape index (κ1) is 15.9. The van der Waals surface area contributed by atoms with E-state index in [1.165, 1.54) is 10.9 Å². The van der Waals surface area contributed by atoms with Gasteiger partial charge in [-0.15, -0.1) is 0 Å². The Labute approximate surface area is 117 Å². The lowest BCUT2D eigenvalue weighted by molar-refractivity contribution is -0.388. The van der Waals surface area contributed by atoms with Crippen LogP contribution >= 0.6 is 0 Å². The molecule has 1 rings (SSSR count). The van der Waals surface area contributed by atoms with Crippen molar-refractivity contribution in [3.63, 3.8) is 0 Å². The van der Waals surface area contributed by atoms with Crippen LogP contribution in [-0.4, -0.2) is 31.6 Å². The van der Waals surface area contributed by atoms with Gasteiger partial charge in [-0.3, -0.25) is 9.36 Å². The minimum absolute atomic E-state index is 0.0967. The van der Waals surface area contributed by atoms with Gasteiger partial charge in [-0.25, -0.2) is 0 Å². The lowest BCUT2D eigenvalue weighted by Gasteiger charge is -2.26. The number of carboxylic acids is 1. The monoisotopic (exact) mass is 284 g/mol. The molecular weight excluding hydrogens is 264 g/mol. The van der Waals surface area contributed by atoms with Gasteiger partial charge in [-0.2, -0.15) is 0 Å². The number of nitrogens with zero attached hydrogens (tertiary/aromatic N) is 3. The van der Waals surface area contributed by atoms with Crippen LogP contribution in [0.15, 0.2) is 6.33 Å². The van der Waals surface area contributed by atoms with Crippen molar-refractivity contribution in [2.75, 3.05) is 5.32 Å². The molecule has 0 fully saturated rings. The fourth-order valence-electron chi connectivity index (χ4n) is 2.04. The number of aliphatic carboxylic acids is 1. The number of aromatic nitrogens is 2.